The molecule has 7 heteroatoms. The minimum Gasteiger partial charge on any atom is -0.348 e. The minimum absolute atomic E-state index is 0.136. The van der Waals surface area contributed by atoms with Crippen molar-refractivity contribution in [3.8, 4) is 0 Å². The fourth-order valence-corrected chi connectivity index (χ4v) is 2.84. The number of carbonyl (C=O) groups is 1. The summed E-state index contributed by atoms with van der Waals surface area (Å²) in [6.07, 6.45) is 3.59. The summed E-state index contributed by atoms with van der Waals surface area (Å²) < 4.78 is 1.17. The van der Waals surface area contributed by atoms with Crippen LogP contribution in [0.1, 0.15) is 29.0 Å². The summed E-state index contributed by atoms with van der Waals surface area (Å²) in [5, 5.41) is 6.99. The Bertz CT molecular complexity index is 751. The first kappa shape index (κ1) is 16.3. The maximum absolute atomic E-state index is 12.2. The maximum Gasteiger partial charge on any atom is 0.271 e. The molecular weight excluding hydrogens is 306 g/mol. The van der Waals surface area contributed by atoms with Crippen molar-refractivity contribution < 1.29 is 4.79 Å². The average molecular weight is 327 g/mol. The SMILES string of the molecule is Cn1nc(C(=O)NC2CCN(Cc3ccccn3)CC2)ccc1=O. The van der Waals surface area contributed by atoms with E-state index in [4.69, 9.17) is 0 Å². The Labute approximate surface area is 140 Å². The molecule has 0 radical (unpaired) electrons. The molecule has 1 amide bonds. The summed E-state index contributed by atoms with van der Waals surface area (Å²) in [6.45, 7) is 2.67. The largest absolute Gasteiger partial charge is 0.348 e. The number of rotatable bonds is 4. The van der Waals surface area contributed by atoms with Crippen LogP contribution in [0.2, 0.25) is 0 Å². The number of aromatic nitrogens is 3. The lowest BCUT2D eigenvalue weighted by Crippen LogP contribution is -2.44. The van der Waals surface area contributed by atoms with E-state index >= 15 is 0 Å². The summed E-state index contributed by atoms with van der Waals surface area (Å²) in [7, 11) is 1.54. The van der Waals surface area contributed by atoms with Crippen molar-refractivity contribution in [1.29, 1.82) is 0 Å². The molecule has 1 aliphatic rings. The molecule has 1 N–H and O–H groups in total. The van der Waals surface area contributed by atoms with Crippen molar-refractivity contribution in [1.82, 2.24) is 25.0 Å². The van der Waals surface area contributed by atoms with Gasteiger partial charge >= 0.3 is 0 Å². The Morgan fingerprint density at radius 1 is 1.25 bits per heavy atom. The summed E-state index contributed by atoms with van der Waals surface area (Å²) in [5.41, 5.74) is 1.11. The van der Waals surface area contributed by atoms with E-state index in [-0.39, 0.29) is 23.2 Å². The third kappa shape index (κ3) is 4.05. The van der Waals surface area contributed by atoms with Crippen LogP contribution < -0.4 is 10.9 Å². The second-order valence-electron chi connectivity index (χ2n) is 6.03. The zero-order valence-corrected chi connectivity index (χ0v) is 13.7. The number of piperidine rings is 1. The van der Waals surface area contributed by atoms with Gasteiger partial charge in [0.1, 0.15) is 5.69 Å². The van der Waals surface area contributed by atoms with Crippen LogP contribution in [-0.2, 0) is 13.6 Å². The molecule has 1 fully saturated rings. The van der Waals surface area contributed by atoms with Gasteiger partial charge in [-0.1, -0.05) is 6.07 Å². The van der Waals surface area contributed by atoms with Gasteiger partial charge in [-0.2, -0.15) is 5.10 Å². The second kappa shape index (κ2) is 7.35. The Hall–Kier alpha value is -2.54. The minimum atomic E-state index is -0.228. The average Bonchev–Trinajstić information content (AvgIpc) is 2.60. The van der Waals surface area contributed by atoms with Crippen LogP contribution in [0, 0.1) is 0 Å². The number of nitrogens with one attached hydrogen (secondary N) is 1. The van der Waals surface area contributed by atoms with Gasteiger partial charge in [0.2, 0.25) is 0 Å². The van der Waals surface area contributed by atoms with E-state index in [0.717, 1.165) is 38.2 Å². The van der Waals surface area contributed by atoms with Gasteiger partial charge in [0.05, 0.1) is 5.69 Å². The molecule has 2 aromatic heterocycles. The zero-order valence-electron chi connectivity index (χ0n) is 13.7. The summed E-state index contributed by atoms with van der Waals surface area (Å²) in [5.74, 6) is -0.228. The predicted molar refractivity (Wildman–Crippen MR) is 89.5 cm³/mol. The molecule has 0 bridgehead atoms. The Morgan fingerprint density at radius 2 is 2.04 bits per heavy atom. The van der Waals surface area contributed by atoms with E-state index in [1.807, 2.05) is 24.4 Å². The molecule has 1 saturated heterocycles. The van der Waals surface area contributed by atoms with Crippen molar-refractivity contribution in [2.75, 3.05) is 13.1 Å². The van der Waals surface area contributed by atoms with Gasteiger partial charge in [0.15, 0.2) is 0 Å². The molecule has 126 valence electrons. The number of pyridine rings is 1. The van der Waals surface area contributed by atoms with Gasteiger partial charge < -0.3 is 5.32 Å². The highest BCUT2D eigenvalue weighted by atomic mass is 16.2. The molecule has 24 heavy (non-hydrogen) atoms. The molecule has 3 heterocycles. The van der Waals surface area contributed by atoms with E-state index in [1.165, 1.54) is 23.9 Å². The molecule has 0 unspecified atom stereocenters. The molecular formula is C17H21N5O2. The number of likely N-dealkylation sites (tertiary alicyclic amines) is 1. The van der Waals surface area contributed by atoms with Crippen LogP contribution in [0.5, 0.6) is 0 Å². The number of nitrogens with zero attached hydrogens (tertiary/aromatic N) is 4. The van der Waals surface area contributed by atoms with Crippen LogP contribution in [-0.4, -0.2) is 44.7 Å². The highest BCUT2D eigenvalue weighted by Gasteiger charge is 2.22. The van der Waals surface area contributed by atoms with E-state index in [1.54, 1.807) is 0 Å². The first-order chi connectivity index (χ1) is 11.6. The smallest absolute Gasteiger partial charge is 0.271 e. The Kier molecular flexibility index (Phi) is 5.00. The molecule has 0 spiro atoms. The molecule has 0 saturated carbocycles. The highest BCUT2D eigenvalue weighted by Crippen LogP contribution is 2.13. The van der Waals surface area contributed by atoms with Gasteiger partial charge in [0, 0.05) is 45.0 Å². The number of amides is 1. The molecule has 1 aliphatic heterocycles. The van der Waals surface area contributed by atoms with E-state index in [0.29, 0.717) is 0 Å². The lowest BCUT2D eigenvalue weighted by molar-refractivity contribution is 0.0901. The van der Waals surface area contributed by atoms with Gasteiger partial charge in [-0.3, -0.25) is 19.5 Å². The zero-order chi connectivity index (χ0) is 16.9. The van der Waals surface area contributed by atoms with Crippen LogP contribution >= 0.6 is 0 Å². The fourth-order valence-electron chi connectivity index (χ4n) is 2.84. The third-order valence-electron chi connectivity index (χ3n) is 4.23. The maximum atomic E-state index is 12.2. The van der Waals surface area contributed by atoms with Crippen LogP contribution in [0.25, 0.3) is 0 Å². The molecule has 0 atom stereocenters. The molecule has 0 aliphatic carbocycles. The summed E-state index contributed by atoms with van der Waals surface area (Å²) in [6, 6.07) is 8.90. The first-order valence-electron chi connectivity index (χ1n) is 8.09. The summed E-state index contributed by atoms with van der Waals surface area (Å²) >= 11 is 0. The third-order valence-corrected chi connectivity index (χ3v) is 4.23. The molecule has 0 aromatic carbocycles. The van der Waals surface area contributed by atoms with Crippen LogP contribution in [0.3, 0.4) is 0 Å². The number of hydrogen-bond donors (Lipinski definition) is 1. The topological polar surface area (TPSA) is 80.1 Å². The standard InChI is InChI=1S/C17H21N5O2/c1-21-16(23)6-5-15(20-21)17(24)19-13-7-10-22(11-8-13)12-14-4-2-3-9-18-14/h2-6,9,13H,7-8,10-12H2,1H3,(H,19,24). The van der Waals surface area contributed by atoms with Crippen molar-refractivity contribution in [2.24, 2.45) is 7.05 Å². The second-order valence-corrected chi connectivity index (χ2v) is 6.03. The fraction of sp³-hybridized carbons (Fsp3) is 0.412. The predicted octanol–water partition coefficient (Wildman–Crippen LogP) is 0.570. The van der Waals surface area contributed by atoms with Gasteiger partial charge in [-0.25, -0.2) is 4.68 Å². The van der Waals surface area contributed by atoms with Crippen molar-refractivity contribution >= 4 is 5.91 Å². The Balaban J connectivity index is 1.50. The van der Waals surface area contributed by atoms with Gasteiger partial charge in [0.25, 0.3) is 11.5 Å². The lowest BCUT2D eigenvalue weighted by Gasteiger charge is -2.32. The first-order valence-corrected chi connectivity index (χ1v) is 8.09. The number of hydrogen-bond acceptors (Lipinski definition) is 5. The van der Waals surface area contributed by atoms with Crippen LogP contribution in [0.15, 0.2) is 41.3 Å². The lowest BCUT2D eigenvalue weighted by atomic mass is 10.0. The van der Waals surface area contributed by atoms with Crippen molar-refractivity contribution in [3.63, 3.8) is 0 Å². The van der Waals surface area contributed by atoms with E-state index in [9.17, 15) is 9.59 Å². The normalized spacial score (nSPS) is 16.0. The van der Waals surface area contributed by atoms with Gasteiger partial charge in [-0.05, 0) is 31.0 Å². The quantitative estimate of drug-likeness (QED) is 0.888. The number of carbonyl (C=O) groups excluding carboxylic acids is 1. The summed E-state index contributed by atoms with van der Waals surface area (Å²) in [4.78, 5) is 30.3. The van der Waals surface area contributed by atoms with Crippen LogP contribution in [0.4, 0.5) is 0 Å². The van der Waals surface area contributed by atoms with E-state index < -0.39 is 0 Å². The van der Waals surface area contributed by atoms with E-state index in [2.05, 4.69) is 20.3 Å². The molecule has 7 nitrogen and oxygen atoms in total. The van der Waals surface area contributed by atoms with Gasteiger partial charge in [-0.15, -0.1) is 0 Å². The van der Waals surface area contributed by atoms with Crippen molar-refractivity contribution in [3.05, 3.63) is 58.3 Å². The molecule has 3 rings (SSSR count). The highest BCUT2D eigenvalue weighted by molar-refractivity contribution is 5.92. The monoisotopic (exact) mass is 327 g/mol. The van der Waals surface area contributed by atoms with Crippen molar-refractivity contribution in [2.45, 2.75) is 25.4 Å². The Morgan fingerprint density at radius 3 is 2.71 bits per heavy atom. The number of aryl methyl sites for hydroxylation is 1. The molecule has 2 aromatic rings.